The molecule has 1 heterocycles. The molecule has 0 saturated carbocycles. The van der Waals surface area contributed by atoms with E-state index in [-0.39, 0.29) is 0 Å². The van der Waals surface area contributed by atoms with E-state index in [1.165, 1.54) is 58.4 Å². The van der Waals surface area contributed by atoms with Crippen LogP contribution in [-0.2, 0) is 0 Å². The van der Waals surface area contributed by atoms with Crippen LogP contribution in [0.4, 0.5) is 0 Å². The molecule has 2 N–H and O–H groups in total. The standard InChI is InChI=1S/C18H39N5/c1-5-8-9-17(6-2)16-21-18(19-4)20-10-11-23-14-12-22(7-3)13-15-23/h17H,5-16H2,1-4H3,(H2,19,20,21). The molecule has 23 heavy (non-hydrogen) atoms. The Morgan fingerprint density at radius 3 is 2.30 bits per heavy atom. The minimum absolute atomic E-state index is 0.760. The third-order valence-electron chi connectivity index (χ3n) is 4.96. The van der Waals surface area contributed by atoms with E-state index in [0.29, 0.717) is 0 Å². The minimum Gasteiger partial charge on any atom is -0.356 e. The van der Waals surface area contributed by atoms with Crippen LogP contribution in [0.1, 0.15) is 46.5 Å². The van der Waals surface area contributed by atoms with Crippen LogP contribution in [0.5, 0.6) is 0 Å². The van der Waals surface area contributed by atoms with E-state index < -0.39 is 0 Å². The monoisotopic (exact) mass is 325 g/mol. The molecule has 0 bridgehead atoms. The fraction of sp³-hybridized carbons (Fsp3) is 0.944. The molecule has 1 atom stereocenters. The maximum Gasteiger partial charge on any atom is 0.191 e. The van der Waals surface area contributed by atoms with Crippen molar-refractivity contribution in [2.75, 3.05) is 59.4 Å². The molecule has 136 valence electrons. The van der Waals surface area contributed by atoms with Gasteiger partial charge in [-0.3, -0.25) is 9.89 Å². The highest BCUT2D eigenvalue weighted by Crippen LogP contribution is 2.10. The van der Waals surface area contributed by atoms with Gasteiger partial charge in [-0.05, 0) is 18.9 Å². The van der Waals surface area contributed by atoms with Crippen LogP contribution in [-0.4, -0.2) is 75.2 Å². The fourth-order valence-corrected chi connectivity index (χ4v) is 3.07. The van der Waals surface area contributed by atoms with Gasteiger partial charge in [0.2, 0.25) is 0 Å². The van der Waals surface area contributed by atoms with Crippen LogP contribution < -0.4 is 10.6 Å². The van der Waals surface area contributed by atoms with E-state index >= 15 is 0 Å². The Morgan fingerprint density at radius 2 is 1.74 bits per heavy atom. The van der Waals surface area contributed by atoms with Crippen LogP contribution in [0.3, 0.4) is 0 Å². The van der Waals surface area contributed by atoms with Gasteiger partial charge in [-0.15, -0.1) is 0 Å². The zero-order valence-corrected chi connectivity index (χ0v) is 15.9. The van der Waals surface area contributed by atoms with Crippen molar-refractivity contribution in [3.8, 4) is 0 Å². The molecular formula is C18H39N5. The lowest BCUT2D eigenvalue weighted by Crippen LogP contribution is -2.49. The largest absolute Gasteiger partial charge is 0.356 e. The van der Waals surface area contributed by atoms with Gasteiger partial charge in [0, 0.05) is 52.9 Å². The van der Waals surface area contributed by atoms with Crippen molar-refractivity contribution >= 4 is 5.96 Å². The Labute approximate surface area is 143 Å². The number of guanidine groups is 1. The van der Waals surface area contributed by atoms with E-state index in [1.807, 2.05) is 7.05 Å². The summed E-state index contributed by atoms with van der Waals surface area (Å²) in [4.78, 5) is 9.41. The smallest absolute Gasteiger partial charge is 0.191 e. The molecule has 1 fully saturated rings. The summed E-state index contributed by atoms with van der Waals surface area (Å²) in [5, 5.41) is 6.96. The summed E-state index contributed by atoms with van der Waals surface area (Å²) in [6, 6.07) is 0. The normalized spacial score (nSPS) is 18.9. The average molecular weight is 326 g/mol. The van der Waals surface area contributed by atoms with Crippen molar-refractivity contribution in [3.63, 3.8) is 0 Å². The Balaban J connectivity index is 2.16. The number of aliphatic imine (C=N–C) groups is 1. The summed E-state index contributed by atoms with van der Waals surface area (Å²) in [5.74, 6) is 1.71. The molecule has 1 aliphatic rings. The lowest BCUT2D eigenvalue weighted by molar-refractivity contribution is 0.139. The van der Waals surface area contributed by atoms with E-state index in [1.54, 1.807) is 0 Å². The number of hydrogen-bond donors (Lipinski definition) is 2. The number of unbranched alkanes of at least 4 members (excludes halogenated alkanes) is 1. The van der Waals surface area contributed by atoms with Gasteiger partial charge in [-0.25, -0.2) is 0 Å². The Morgan fingerprint density at radius 1 is 1.04 bits per heavy atom. The summed E-state index contributed by atoms with van der Waals surface area (Å²) >= 11 is 0. The summed E-state index contributed by atoms with van der Waals surface area (Å²) in [5.41, 5.74) is 0. The molecule has 0 aliphatic carbocycles. The van der Waals surface area contributed by atoms with E-state index in [0.717, 1.165) is 31.5 Å². The number of likely N-dealkylation sites (N-methyl/N-ethyl adjacent to an activating group) is 1. The zero-order valence-electron chi connectivity index (χ0n) is 15.9. The first-order valence-electron chi connectivity index (χ1n) is 9.62. The van der Waals surface area contributed by atoms with Gasteiger partial charge in [0.05, 0.1) is 0 Å². The van der Waals surface area contributed by atoms with Crippen molar-refractivity contribution in [2.45, 2.75) is 46.5 Å². The van der Waals surface area contributed by atoms with Gasteiger partial charge in [0.15, 0.2) is 5.96 Å². The maximum absolute atomic E-state index is 4.35. The van der Waals surface area contributed by atoms with Crippen molar-refractivity contribution in [3.05, 3.63) is 0 Å². The first kappa shape index (κ1) is 20.2. The maximum atomic E-state index is 4.35. The van der Waals surface area contributed by atoms with E-state index in [4.69, 9.17) is 0 Å². The SMILES string of the molecule is CCCCC(CC)CNC(=NC)NCCN1CCN(CC)CC1. The van der Waals surface area contributed by atoms with Gasteiger partial charge in [-0.2, -0.15) is 0 Å². The minimum atomic E-state index is 0.760. The topological polar surface area (TPSA) is 42.9 Å². The molecule has 0 amide bonds. The Hall–Kier alpha value is -0.810. The second-order valence-corrected chi connectivity index (χ2v) is 6.57. The molecular weight excluding hydrogens is 286 g/mol. The Kier molecular flexibility index (Phi) is 11.1. The van der Waals surface area contributed by atoms with E-state index in [2.05, 4.69) is 46.2 Å². The van der Waals surface area contributed by atoms with Crippen LogP contribution in [0.2, 0.25) is 0 Å². The van der Waals surface area contributed by atoms with Crippen LogP contribution >= 0.6 is 0 Å². The number of nitrogens with zero attached hydrogens (tertiary/aromatic N) is 3. The average Bonchev–Trinajstić information content (AvgIpc) is 2.60. The quantitative estimate of drug-likeness (QED) is 0.476. The predicted octanol–water partition coefficient (Wildman–Crippen LogP) is 2.01. The molecule has 0 aromatic heterocycles. The lowest BCUT2D eigenvalue weighted by atomic mass is 9.99. The van der Waals surface area contributed by atoms with Crippen molar-refractivity contribution in [2.24, 2.45) is 10.9 Å². The van der Waals surface area contributed by atoms with Gasteiger partial charge in [0.1, 0.15) is 0 Å². The van der Waals surface area contributed by atoms with E-state index in [9.17, 15) is 0 Å². The molecule has 5 nitrogen and oxygen atoms in total. The van der Waals surface area contributed by atoms with Gasteiger partial charge < -0.3 is 15.5 Å². The molecule has 0 aromatic rings. The zero-order chi connectivity index (χ0) is 16.9. The third kappa shape index (κ3) is 8.56. The molecule has 0 radical (unpaired) electrons. The summed E-state index contributed by atoms with van der Waals surface area (Å²) in [7, 11) is 1.86. The number of rotatable bonds is 10. The Bertz CT molecular complexity index is 311. The fourth-order valence-electron chi connectivity index (χ4n) is 3.07. The number of hydrogen-bond acceptors (Lipinski definition) is 3. The molecule has 1 aliphatic heterocycles. The number of nitrogens with one attached hydrogen (secondary N) is 2. The predicted molar refractivity (Wildman–Crippen MR) is 101 cm³/mol. The van der Waals surface area contributed by atoms with Crippen LogP contribution in [0.15, 0.2) is 4.99 Å². The summed E-state index contributed by atoms with van der Waals surface area (Å²) in [6.07, 6.45) is 5.18. The molecule has 5 heteroatoms. The number of piperazine rings is 1. The van der Waals surface area contributed by atoms with Crippen molar-refractivity contribution < 1.29 is 0 Å². The van der Waals surface area contributed by atoms with Crippen molar-refractivity contribution in [1.29, 1.82) is 0 Å². The molecule has 1 saturated heterocycles. The first-order valence-corrected chi connectivity index (χ1v) is 9.62. The van der Waals surface area contributed by atoms with Crippen LogP contribution in [0.25, 0.3) is 0 Å². The molecule has 1 rings (SSSR count). The molecule has 0 spiro atoms. The lowest BCUT2D eigenvalue weighted by Gasteiger charge is -2.34. The highest BCUT2D eigenvalue weighted by molar-refractivity contribution is 5.79. The van der Waals surface area contributed by atoms with Gasteiger partial charge in [0.25, 0.3) is 0 Å². The first-order chi connectivity index (χ1) is 11.2. The van der Waals surface area contributed by atoms with Gasteiger partial charge >= 0.3 is 0 Å². The van der Waals surface area contributed by atoms with Crippen molar-refractivity contribution in [1.82, 2.24) is 20.4 Å². The molecule has 0 aromatic carbocycles. The summed E-state index contributed by atoms with van der Waals surface area (Å²) < 4.78 is 0. The highest BCUT2D eigenvalue weighted by atomic mass is 15.3. The second-order valence-electron chi connectivity index (χ2n) is 6.57. The highest BCUT2D eigenvalue weighted by Gasteiger charge is 2.14. The molecule has 1 unspecified atom stereocenters. The van der Waals surface area contributed by atoms with Gasteiger partial charge in [-0.1, -0.05) is 40.0 Å². The summed E-state index contributed by atoms with van der Waals surface area (Å²) in [6.45, 7) is 15.9. The third-order valence-corrected chi connectivity index (χ3v) is 4.96. The van der Waals surface area contributed by atoms with Crippen LogP contribution in [0, 0.1) is 5.92 Å². The second kappa shape index (κ2) is 12.6.